The first kappa shape index (κ1) is 19.7. The Bertz CT molecular complexity index is 914. The zero-order chi connectivity index (χ0) is 19.8. The van der Waals surface area contributed by atoms with Crippen molar-refractivity contribution in [2.24, 2.45) is 16.7 Å². The zero-order valence-corrected chi connectivity index (χ0v) is 16.6. The molecule has 1 aliphatic carbocycles. The van der Waals surface area contributed by atoms with Gasteiger partial charge in [0.05, 0.1) is 5.41 Å². The number of hydrogen-bond donors (Lipinski definition) is 1. The summed E-state index contributed by atoms with van der Waals surface area (Å²) in [7, 11) is 0. The van der Waals surface area contributed by atoms with Gasteiger partial charge in [-0.15, -0.1) is 0 Å². The molecular formula is C22H20Cl2O3. The fraction of sp³-hybridized carbons (Fsp3) is 0.273. The molecule has 0 amide bonds. The SMILES string of the molecule is CC1(C)[C@H](C=C(Cl)Cl)[C@@]1(Cc1cccc(C(=O)c2ccccc2)c1)C(=O)O. The van der Waals surface area contributed by atoms with Crippen LogP contribution < -0.4 is 0 Å². The van der Waals surface area contributed by atoms with Gasteiger partial charge in [-0.3, -0.25) is 9.59 Å². The van der Waals surface area contributed by atoms with Crippen LogP contribution >= 0.6 is 23.2 Å². The second-order valence-electron chi connectivity index (χ2n) is 7.50. The van der Waals surface area contributed by atoms with Gasteiger partial charge in [0, 0.05) is 17.0 Å². The van der Waals surface area contributed by atoms with Gasteiger partial charge in [-0.1, -0.05) is 85.6 Å². The second kappa shape index (κ2) is 7.14. The van der Waals surface area contributed by atoms with E-state index in [9.17, 15) is 14.7 Å². The lowest BCUT2D eigenvalue weighted by Gasteiger charge is -2.16. The van der Waals surface area contributed by atoms with Crippen LogP contribution in [0.5, 0.6) is 0 Å². The van der Waals surface area contributed by atoms with E-state index in [1.54, 1.807) is 36.4 Å². The first-order chi connectivity index (χ1) is 12.7. The third kappa shape index (κ3) is 3.42. The minimum Gasteiger partial charge on any atom is -0.481 e. The Hall–Kier alpha value is -2.10. The third-order valence-corrected chi connectivity index (χ3v) is 6.01. The number of carbonyl (C=O) groups is 2. The number of aliphatic carboxylic acids is 1. The predicted octanol–water partition coefficient (Wildman–Crippen LogP) is 5.51. The summed E-state index contributed by atoms with van der Waals surface area (Å²) in [4.78, 5) is 24.8. The van der Waals surface area contributed by atoms with E-state index in [1.165, 1.54) is 0 Å². The summed E-state index contributed by atoms with van der Waals surface area (Å²) in [5, 5.41) is 9.96. The first-order valence-electron chi connectivity index (χ1n) is 8.65. The van der Waals surface area contributed by atoms with E-state index in [-0.39, 0.29) is 16.2 Å². The average molecular weight is 403 g/mol. The largest absolute Gasteiger partial charge is 0.481 e. The molecule has 0 unspecified atom stereocenters. The maximum absolute atomic E-state index is 12.7. The number of halogens is 2. The number of ketones is 1. The van der Waals surface area contributed by atoms with Gasteiger partial charge in [-0.05, 0) is 29.5 Å². The van der Waals surface area contributed by atoms with Crippen molar-refractivity contribution >= 4 is 35.0 Å². The Balaban J connectivity index is 1.93. The van der Waals surface area contributed by atoms with Gasteiger partial charge >= 0.3 is 5.97 Å². The Kier molecular flexibility index (Phi) is 5.20. The van der Waals surface area contributed by atoms with Gasteiger partial charge in [0.1, 0.15) is 4.49 Å². The van der Waals surface area contributed by atoms with Crippen molar-refractivity contribution in [2.75, 3.05) is 0 Å². The van der Waals surface area contributed by atoms with E-state index in [1.807, 2.05) is 38.1 Å². The molecule has 0 saturated heterocycles. The van der Waals surface area contributed by atoms with Crippen LogP contribution in [-0.4, -0.2) is 16.9 Å². The van der Waals surface area contributed by atoms with Gasteiger partial charge in [-0.25, -0.2) is 0 Å². The van der Waals surface area contributed by atoms with Crippen molar-refractivity contribution in [3.8, 4) is 0 Å². The minimum absolute atomic E-state index is 0.0733. The summed E-state index contributed by atoms with van der Waals surface area (Å²) in [6.07, 6.45) is 1.91. The van der Waals surface area contributed by atoms with Crippen LogP contribution in [0.25, 0.3) is 0 Å². The number of allylic oxidation sites excluding steroid dienone is 1. The Morgan fingerprint density at radius 3 is 2.26 bits per heavy atom. The molecule has 0 heterocycles. The third-order valence-electron chi connectivity index (χ3n) is 5.76. The summed E-state index contributed by atoms with van der Waals surface area (Å²) in [5.41, 5.74) is 0.446. The minimum atomic E-state index is -1.00. The van der Waals surface area contributed by atoms with Crippen molar-refractivity contribution < 1.29 is 14.7 Å². The lowest BCUT2D eigenvalue weighted by molar-refractivity contribution is -0.145. The van der Waals surface area contributed by atoms with Gasteiger partial charge in [-0.2, -0.15) is 0 Å². The summed E-state index contributed by atoms with van der Waals surface area (Å²) < 4.78 is 0.0733. The molecule has 0 spiro atoms. The number of rotatable bonds is 6. The fourth-order valence-corrected chi connectivity index (χ4v) is 4.35. The molecule has 27 heavy (non-hydrogen) atoms. The highest BCUT2D eigenvalue weighted by Crippen LogP contribution is 2.71. The van der Waals surface area contributed by atoms with Crippen LogP contribution in [0.3, 0.4) is 0 Å². The van der Waals surface area contributed by atoms with Crippen LogP contribution in [0.1, 0.15) is 35.3 Å². The van der Waals surface area contributed by atoms with Crippen molar-refractivity contribution in [3.63, 3.8) is 0 Å². The van der Waals surface area contributed by atoms with Crippen LogP contribution in [-0.2, 0) is 11.2 Å². The van der Waals surface area contributed by atoms with E-state index < -0.39 is 16.8 Å². The topological polar surface area (TPSA) is 54.4 Å². The quantitative estimate of drug-likeness (QED) is 0.648. The molecular weight excluding hydrogens is 383 g/mol. The normalized spacial score (nSPS) is 22.7. The smallest absolute Gasteiger partial charge is 0.311 e. The van der Waals surface area contributed by atoms with Gasteiger partial charge in [0.2, 0.25) is 0 Å². The van der Waals surface area contributed by atoms with Crippen LogP contribution in [0.2, 0.25) is 0 Å². The lowest BCUT2D eigenvalue weighted by Crippen LogP contribution is -2.24. The molecule has 0 bridgehead atoms. The van der Waals surface area contributed by atoms with Crippen molar-refractivity contribution in [2.45, 2.75) is 20.3 Å². The Morgan fingerprint density at radius 1 is 1.04 bits per heavy atom. The Morgan fingerprint density at radius 2 is 1.67 bits per heavy atom. The molecule has 0 aliphatic heterocycles. The summed E-state index contributed by atoms with van der Waals surface area (Å²) in [5.74, 6) is -1.25. The monoisotopic (exact) mass is 402 g/mol. The molecule has 0 radical (unpaired) electrons. The molecule has 2 aromatic rings. The van der Waals surface area contributed by atoms with Gasteiger partial charge < -0.3 is 5.11 Å². The fourth-order valence-electron chi connectivity index (χ4n) is 4.09. The number of carbonyl (C=O) groups excluding carboxylic acids is 1. The summed E-state index contributed by atoms with van der Waals surface area (Å²) in [6, 6.07) is 16.2. The molecule has 3 rings (SSSR count). The maximum Gasteiger partial charge on any atom is 0.311 e. The zero-order valence-electron chi connectivity index (χ0n) is 15.1. The van der Waals surface area contributed by atoms with E-state index in [0.717, 1.165) is 5.56 Å². The van der Waals surface area contributed by atoms with Gasteiger partial charge in [0.25, 0.3) is 0 Å². The standard InChI is InChI=1S/C22H20Cl2O3/c1-21(2)17(12-18(23)24)22(21,20(26)27)13-14-7-6-10-16(11-14)19(25)15-8-4-3-5-9-15/h3-12,17H,13H2,1-2H3,(H,26,27)/t17-,22-/m0/s1. The molecule has 0 aromatic heterocycles. The molecule has 3 nitrogen and oxygen atoms in total. The van der Waals surface area contributed by atoms with Crippen molar-refractivity contribution in [1.82, 2.24) is 0 Å². The summed E-state index contributed by atoms with van der Waals surface area (Å²) in [6.45, 7) is 3.80. The highest BCUT2D eigenvalue weighted by Gasteiger charge is 2.74. The van der Waals surface area contributed by atoms with Crippen LogP contribution in [0.15, 0.2) is 65.2 Å². The molecule has 5 heteroatoms. The number of benzene rings is 2. The first-order valence-corrected chi connectivity index (χ1v) is 9.40. The second-order valence-corrected chi connectivity index (χ2v) is 8.51. The van der Waals surface area contributed by atoms with E-state index >= 15 is 0 Å². The lowest BCUT2D eigenvalue weighted by atomic mass is 9.87. The van der Waals surface area contributed by atoms with E-state index in [0.29, 0.717) is 17.5 Å². The summed E-state index contributed by atoms with van der Waals surface area (Å²) >= 11 is 11.6. The molecule has 1 aliphatic rings. The molecule has 1 saturated carbocycles. The van der Waals surface area contributed by atoms with Crippen molar-refractivity contribution in [1.29, 1.82) is 0 Å². The van der Waals surface area contributed by atoms with E-state index in [4.69, 9.17) is 23.2 Å². The maximum atomic E-state index is 12.7. The van der Waals surface area contributed by atoms with Crippen molar-refractivity contribution in [3.05, 3.63) is 81.9 Å². The highest BCUT2D eigenvalue weighted by molar-refractivity contribution is 6.55. The number of carboxylic acid groups (broad SMARTS) is 1. The predicted molar refractivity (Wildman–Crippen MR) is 107 cm³/mol. The molecule has 1 fully saturated rings. The van der Waals surface area contributed by atoms with E-state index in [2.05, 4.69) is 0 Å². The average Bonchev–Trinajstić information content (AvgIpc) is 3.09. The number of hydrogen-bond acceptors (Lipinski definition) is 2. The molecule has 1 N–H and O–H groups in total. The Labute approximate surface area is 168 Å². The molecule has 2 aromatic carbocycles. The molecule has 140 valence electrons. The molecule has 2 atom stereocenters. The van der Waals surface area contributed by atoms with Crippen LogP contribution in [0, 0.1) is 16.7 Å². The van der Waals surface area contributed by atoms with Crippen LogP contribution in [0.4, 0.5) is 0 Å². The van der Waals surface area contributed by atoms with Gasteiger partial charge in [0.15, 0.2) is 5.78 Å². The highest BCUT2D eigenvalue weighted by atomic mass is 35.5. The number of carboxylic acids is 1.